The van der Waals surface area contributed by atoms with Gasteiger partial charge in [-0.15, -0.1) is 0 Å². The van der Waals surface area contributed by atoms with Crippen LogP contribution in [0, 0.1) is 13.8 Å². The van der Waals surface area contributed by atoms with Crippen LogP contribution < -0.4 is 10.6 Å². The Kier molecular flexibility index (Phi) is 6.03. The van der Waals surface area contributed by atoms with E-state index < -0.39 is 0 Å². The first-order chi connectivity index (χ1) is 11.8. The van der Waals surface area contributed by atoms with Gasteiger partial charge in [0.15, 0.2) is 0 Å². The summed E-state index contributed by atoms with van der Waals surface area (Å²) in [6.45, 7) is 4.38. The lowest BCUT2D eigenvalue weighted by atomic mass is 10.2. The molecule has 136 valence electrons. The molecule has 0 saturated heterocycles. The van der Waals surface area contributed by atoms with Crippen LogP contribution in [0.4, 0.5) is 0 Å². The molecule has 0 fully saturated rings. The highest BCUT2D eigenvalue weighted by atomic mass is 16.5. The second-order valence-corrected chi connectivity index (χ2v) is 6.19. The Balaban J connectivity index is 1.98. The van der Waals surface area contributed by atoms with Crippen molar-refractivity contribution in [2.75, 3.05) is 20.3 Å². The van der Waals surface area contributed by atoms with Crippen LogP contribution >= 0.6 is 0 Å². The van der Waals surface area contributed by atoms with Crippen molar-refractivity contribution < 1.29 is 14.3 Å². The van der Waals surface area contributed by atoms with E-state index in [0.717, 1.165) is 11.4 Å². The fourth-order valence-corrected chi connectivity index (χ4v) is 2.62. The first kappa shape index (κ1) is 18.8. The standard InChI is InChI=1S/C18H26N4O3/c1-12-15(6-8-21(12)3)17(23)19-10-14(11-25-5)20-18(24)16-7-9-22(4)13(16)2/h6-9,14H,10-11H2,1-5H3,(H,19,23)(H,20,24)/t14-/m0/s1. The predicted molar refractivity (Wildman–Crippen MR) is 95.8 cm³/mol. The molecule has 2 aromatic rings. The number of nitrogens with zero attached hydrogens (tertiary/aromatic N) is 2. The number of carbonyl (C=O) groups excluding carboxylic acids is 2. The van der Waals surface area contributed by atoms with Crippen molar-refractivity contribution in [2.45, 2.75) is 19.9 Å². The quantitative estimate of drug-likeness (QED) is 0.790. The number of aryl methyl sites for hydroxylation is 2. The summed E-state index contributed by atoms with van der Waals surface area (Å²) in [4.78, 5) is 24.8. The van der Waals surface area contributed by atoms with Gasteiger partial charge in [-0.25, -0.2) is 0 Å². The molecule has 0 unspecified atom stereocenters. The smallest absolute Gasteiger partial charge is 0.253 e. The van der Waals surface area contributed by atoms with Crippen molar-refractivity contribution in [2.24, 2.45) is 14.1 Å². The third-order valence-corrected chi connectivity index (χ3v) is 4.47. The van der Waals surface area contributed by atoms with E-state index in [9.17, 15) is 9.59 Å². The van der Waals surface area contributed by atoms with Gasteiger partial charge in [0.1, 0.15) is 0 Å². The summed E-state index contributed by atoms with van der Waals surface area (Å²) >= 11 is 0. The average molecular weight is 346 g/mol. The molecule has 7 heteroatoms. The molecule has 2 N–H and O–H groups in total. The van der Waals surface area contributed by atoms with Gasteiger partial charge in [-0.1, -0.05) is 0 Å². The Morgan fingerprint density at radius 3 is 2.00 bits per heavy atom. The summed E-state index contributed by atoms with van der Waals surface area (Å²) in [6, 6.07) is 3.24. The number of aromatic nitrogens is 2. The number of rotatable bonds is 7. The van der Waals surface area contributed by atoms with E-state index >= 15 is 0 Å². The predicted octanol–water partition coefficient (Wildman–Crippen LogP) is 1.16. The maximum atomic E-state index is 12.4. The molecule has 2 heterocycles. The minimum absolute atomic E-state index is 0.163. The van der Waals surface area contributed by atoms with Crippen LogP contribution in [0.15, 0.2) is 24.5 Å². The van der Waals surface area contributed by atoms with Crippen molar-refractivity contribution in [1.82, 2.24) is 19.8 Å². The van der Waals surface area contributed by atoms with Crippen LogP contribution in [0.1, 0.15) is 32.1 Å². The van der Waals surface area contributed by atoms with Gasteiger partial charge in [0.25, 0.3) is 11.8 Å². The van der Waals surface area contributed by atoms with E-state index in [4.69, 9.17) is 4.74 Å². The monoisotopic (exact) mass is 346 g/mol. The summed E-state index contributed by atoms with van der Waals surface area (Å²) < 4.78 is 8.95. The summed E-state index contributed by atoms with van der Waals surface area (Å²) in [5, 5.41) is 5.78. The highest BCUT2D eigenvalue weighted by Gasteiger charge is 2.18. The molecule has 0 saturated carbocycles. The van der Waals surface area contributed by atoms with Gasteiger partial charge in [-0.3, -0.25) is 9.59 Å². The Morgan fingerprint density at radius 2 is 1.56 bits per heavy atom. The maximum absolute atomic E-state index is 12.4. The Labute approximate surface area is 148 Å². The zero-order valence-electron chi connectivity index (χ0n) is 15.4. The number of hydrogen-bond donors (Lipinski definition) is 2. The minimum atomic E-state index is -0.315. The number of carbonyl (C=O) groups is 2. The second-order valence-electron chi connectivity index (χ2n) is 6.19. The van der Waals surface area contributed by atoms with E-state index in [1.54, 1.807) is 19.2 Å². The van der Waals surface area contributed by atoms with Crippen molar-refractivity contribution in [1.29, 1.82) is 0 Å². The van der Waals surface area contributed by atoms with Crippen LogP contribution in [0.3, 0.4) is 0 Å². The minimum Gasteiger partial charge on any atom is -0.382 e. The van der Waals surface area contributed by atoms with Gasteiger partial charge in [0.05, 0.1) is 23.8 Å². The molecule has 2 amide bonds. The van der Waals surface area contributed by atoms with Gasteiger partial charge >= 0.3 is 0 Å². The van der Waals surface area contributed by atoms with Crippen molar-refractivity contribution in [3.8, 4) is 0 Å². The summed E-state index contributed by atoms with van der Waals surface area (Å²) in [7, 11) is 5.35. The fourth-order valence-electron chi connectivity index (χ4n) is 2.62. The van der Waals surface area contributed by atoms with Gasteiger partial charge < -0.3 is 24.5 Å². The number of amides is 2. The van der Waals surface area contributed by atoms with Crippen LogP contribution in [0.2, 0.25) is 0 Å². The SMILES string of the molecule is COC[C@H](CNC(=O)c1ccn(C)c1C)NC(=O)c1ccn(C)c1C. The van der Waals surface area contributed by atoms with E-state index in [1.807, 2.05) is 49.5 Å². The molecule has 0 aliphatic rings. The Bertz CT molecular complexity index is 760. The molecule has 0 radical (unpaired) electrons. The van der Waals surface area contributed by atoms with Crippen LogP contribution in [-0.2, 0) is 18.8 Å². The van der Waals surface area contributed by atoms with E-state index in [1.165, 1.54) is 0 Å². The number of methoxy groups -OCH3 is 1. The molecule has 0 spiro atoms. The number of nitrogens with one attached hydrogen (secondary N) is 2. The molecule has 0 aliphatic carbocycles. The van der Waals surface area contributed by atoms with Crippen molar-refractivity contribution in [3.05, 3.63) is 47.0 Å². The zero-order valence-corrected chi connectivity index (χ0v) is 15.4. The highest BCUT2D eigenvalue weighted by Crippen LogP contribution is 2.09. The lowest BCUT2D eigenvalue weighted by molar-refractivity contribution is 0.0866. The molecule has 2 rings (SSSR count). The van der Waals surface area contributed by atoms with Gasteiger partial charge in [-0.05, 0) is 26.0 Å². The average Bonchev–Trinajstić information content (AvgIpc) is 3.08. The van der Waals surface area contributed by atoms with Crippen molar-refractivity contribution in [3.63, 3.8) is 0 Å². The molecular weight excluding hydrogens is 320 g/mol. The summed E-state index contributed by atoms with van der Waals surface area (Å²) in [6.07, 6.45) is 3.69. The van der Waals surface area contributed by atoms with Crippen LogP contribution in [0.25, 0.3) is 0 Å². The van der Waals surface area contributed by atoms with Gasteiger partial charge in [-0.2, -0.15) is 0 Å². The number of hydrogen-bond acceptors (Lipinski definition) is 3. The molecule has 2 aromatic heterocycles. The highest BCUT2D eigenvalue weighted by molar-refractivity contribution is 5.96. The Hall–Kier alpha value is -2.54. The second kappa shape index (κ2) is 8.02. The molecule has 25 heavy (non-hydrogen) atoms. The third kappa shape index (κ3) is 4.30. The van der Waals surface area contributed by atoms with E-state index in [0.29, 0.717) is 24.3 Å². The van der Waals surface area contributed by atoms with E-state index in [2.05, 4.69) is 10.6 Å². The summed E-state index contributed by atoms with van der Waals surface area (Å²) in [5.74, 6) is -0.338. The maximum Gasteiger partial charge on any atom is 0.253 e. The first-order valence-corrected chi connectivity index (χ1v) is 8.17. The first-order valence-electron chi connectivity index (χ1n) is 8.17. The molecule has 0 bridgehead atoms. The molecule has 7 nitrogen and oxygen atoms in total. The van der Waals surface area contributed by atoms with Crippen LogP contribution in [-0.4, -0.2) is 47.3 Å². The van der Waals surface area contributed by atoms with Gasteiger partial charge in [0.2, 0.25) is 0 Å². The summed E-state index contributed by atoms with van der Waals surface area (Å²) in [5.41, 5.74) is 3.03. The zero-order chi connectivity index (χ0) is 18.6. The fraction of sp³-hybridized carbons (Fsp3) is 0.444. The van der Waals surface area contributed by atoms with Crippen LogP contribution in [0.5, 0.6) is 0 Å². The van der Waals surface area contributed by atoms with Crippen molar-refractivity contribution >= 4 is 11.8 Å². The molecule has 1 atom stereocenters. The lowest BCUT2D eigenvalue weighted by Gasteiger charge is -2.19. The molecular formula is C18H26N4O3. The molecule has 0 aromatic carbocycles. The Morgan fingerprint density at radius 1 is 1.04 bits per heavy atom. The normalized spacial score (nSPS) is 12.0. The van der Waals surface area contributed by atoms with Gasteiger partial charge in [0, 0.05) is 51.5 Å². The van der Waals surface area contributed by atoms with E-state index in [-0.39, 0.29) is 17.9 Å². The lowest BCUT2D eigenvalue weighted by Crippen LogP contribution is -2.46. The number of ether oxygens (including phenoxy) is 1. The topological polar surface area (TPSA) is 77.3 Å². The largest absolute Gasteiger partial charge is 0.382 e. The molecule has 0 aliphatic heterocycles. The third-order valence-electron chi connectivity index (χ3n) is 4.47.